The molecule has 6 aromatic carbocycles. The van der Waals surface area contributed by atoms with Crippen LogP contribution in [0.2, 0.25) is 0 Å². The van der Waals surface area contributed by atoms with E-state index in [0.29, 0.717) is 25.1 Å². The van der Waals surface area contributed by atoms with Crippen molar-refractivity contribution >= 4 is 0 Å². The molecule has 1 fully saturated rings. The Morgan fingerprint density at radius 3 is 1.76 bits per heavy atom. The van der Waals surface area contributed by atoms with Crippen molar-refractivity contribution in [1.82, 2.24) is 30.0 Å². The van der Waals surface area contributed by atoms with E-state index in [4.69, 9.17) is 25.2 Å². The topological polar surface area (TPSA) is 70.7 Å². The highest BCUT2D eigenvalue weighted by molar-refractivity contribution is 5.80. The van der Waals surface area contributed by atoms with Gasteiger partial charge in [-0.05, 0) is 76.3 Å². The van der Waals surface area contributed by atoms with Crippen molar-refractivity contribution in [2.45, 2.75) is 76.7 Å². The molecule has 7 nitrogen and oxygen atoms in total. The van der Waals surface area contributed by atoms with Gasteiger partial charge in [-0.3, -0.25) is 4.68 Å². The van der Waals surface area contributed by atoms with Crippen molar-refractivity contribution in [3.63, 3.8) is 0 Å². The summed E-state index contributed by atoms with van der Waals surface area (Å²) in [5.74, 6) is 0.570. The molecule has 8 aromatic rings. The largest absolute Gasteiger partial charge is 0.370 e. The van der Waals surface area contributed by atoms with Gasteiger partial charge in [0.25, 0.3) is 0 Å². The highest BCUT2D eigenvalue weighted by atomic mass is 16.5. The van der Waals surface area contributed by atoms with Gasteiger partial charge in [-0.2, -0.15) is 5.10 Å². The molecule has 0 amide bonds. The van der Waals surface area contributed by atoms with E-state index in [9.17, 15) is 0 Å². The van der Waals surface area contributed by atoms with Crippen LogP contribution in [0.5, 0.6) is 0 Å². The number of aromatic nitrogens is 6. The van der Waals surface area contributed by atoms with E-state index in [1.807, 2.05) is 30.3 Å². The van der Waals surface area contributed by atoms with Crippen molar-refractivity contribution in [2.75, 3.05) is 0 Å². The highest BCUT2D eigenvalue weighted by Gasteiger charge is 2.41. The van der Waals surface area contributed by atoms with Gasteiger partial charge in [0.15, 0.2) is 5.54 Å². The lowest BCUT2D eigenvalue weighted by atomic mass is 9.77. The van der Waals surface area contributed by atoms with Crippen LogP contribution in [0, 0.1) is 0 Å². The molecule has 7 heteroatoms. The molecule has 1 aliphatic rings. The van der Waals surface area contributed by atoms with Crippen LogP contribution < -0.4 is 0 Å². The monoisotopic (exact) mass is 774 g/mol. The van der Waals surface area contributed by atoms with Gasteiger partial charge in [0.2, 0.25) is 5.82 Å². The molecule has 1 aliphatic carbocycles. The first kappa shape index (κ1) is 38.1. The Labute approximate surface area is 347 Å². The van der Waals surface area contributed by atoms with Crippen LogP contribution in [-0.4, -0.2) is 30.0 Å². The third-order valence-corrected chi connectivity index (χ3v) is 11.8. The summed E-state index contributed by atoms with van der Waals surface area (Å²) in [4.78, 5) is 1.79. The Morgan fingerprint density at radius 1 is 0.610 bits per heavy atom. The second kappa shape index (κ2) is 17.6. The number of benzene rings is 6. The van der Waals surface area contributed by atoms with Gasteiger partial charge in [-0.15, -0.1) is 15.0 Å². The number of rotatable bonds is 16. The fourth-order valence-electron chi connectivity index (χ4n) is 8.54. The molecule has 1 saturated carbocycles. The lowest BCUT2D eigenvalue weighted by Gasteiger charge is -2.34. The van der Waals surface area contributed by atoms with Crippen molar-refractivity contribution in [3.8, 4) is 22.5 Å². The Hall–Kier alpha value is -6.44. The van der Waals surface area contributed by atoms with E-state index < -0.39 is 5.54 Å². The smallest absolute Gasteiger partial charge is 0.205 e. The molecule has 2 aromatic heterocycles. The average molecular weight is 775 g/mol. The molecule has 294 valence electrons. The van der Waals surface area contributed by atoms with Crippen LogP contribution in [0.3, 0.4) is 0 Å². The predicted molar refractivity (Wildman–Crippen MR) is 235 cm³/mol. The van der Waals surface area contributed by atoms with Gasteiger partial charge in [0.05, 0.1) is 24.9 Å². The molecule has 0 atom stereocenters. The zero-order chi connectivity index (χ0) is 39.9. The molecule has 59 heavy (non-hydrogen) atoms. The van der Waals surface area contributed by atoms with Crippen molar-refractivity contribution in [2.24, 2.45) is 0 Å². The number of hydrogen-bond donors (Lipinski definition) is 0. The minimum atomic E-state index is -0.848. The molecule has 0 bridgehead atoms. The molecular formula is C52H50N6O. The summed E-state index contributed by atoms with van der Waals surface area (Å²) in [7, 11) is 0. The number of nitrogens with zero attached hydrogens (tertiary/aromatic N) is 6. The van der Waals surface area contributed by atoms with Gasteiger partial charge in [0, 0.05) is 23.2 Å². The second-order valence-electron chi connectivity index (χ2n) is 15.6. The molecular weight excluding hydrogens is 725 g/mol. The van der Waals surface area contributed by atoms with E-state index in [1.165, 1.54) is 41.6 Å². The van der Waals surface area contributed by atoms with E-state index in [2.05, 4.69) is 151 Å². The van der Waals surface area contributed by atoms with Crippen LogP contribution in [0.25, 0.3) is 22.5 Å². The van der Waals surface area contributed by atoms with Crippen LogP contribution in [0.15, 0.2) is 170 Å². The summed E-state index contributed by atoms with van der Waals surface area (Å²) in [6, 6.07) is 59.7. The molecule has 9 rings (SSSR count). The van der Waals surface area contributed by atoms with Crippen LogP contribution in [0.4, 0.5) is 0 Å². The lowest BCUT2D eigenvalue weighted by molar-refractivity contribution is 0.103. The van der Waals surface area contributed by atoms with Gasteiger partial charge in [-0.25, -0.2) is 0 Å². The number of unbranched alkanes of at least 4 members (excludes halogenated alkanes) is 1. The number of tetrazole rings is 1. The minimum absolute atomic E-state index is 0.493. The standard InChI is InChI=1S/C52H50N6O/c1-2-3-31-50-48(49(54-57(50)45-27-18-28-45)38-59-37-40-19-8-4-9-20-40)36-39-32-34-41(35-33-39)46-29-16-17-30-47(46)51-53-56-58(55-51)52(42-21-10-5-11-22-42,43-23-12-6-13-24-43)44-25-14-7-15-26-44/h4-17,19-26,29-30,32-35,45H,2-3,18,27-28,31,36-38H2,1H3. The first-order chi connectivity index (χ1) is 29.2. The van der Waals surface area contributed by atoms with E-state index in [-0.39, 0.29) is 0 Å². The molecule has 0 radical (unpaired) electrons. The number of ether oxygens (including phenoxy) is 1. The van der Waals surface area contributed by atoms with Crippen LogP contribution in [0.1, 0.15) is 89.8 Å². The highest BCUT2D eigenvalue weighted by Crippen LogP contribution is 2.41. The SMILES string of the molecule is CCCCc1c(Cc2ccc(-c3ccccc3-c3nnn(C(c4ccccc4)(c4ccccc4)c4ccccc4)n3)cc2)c(COCc2ccccc2)nn1C1CCC1. The Bertz CT molecular complexity index is 2470. The zero-order valence-electron chi connectivity index (χ0n) is 33.7. The van der Waals surface area contributed by atoms with Crippen molar-refractivity contribution in [3.05, 3.63) is 215 Å². The molecule has 0 aliphatic heterocycles. The summed E-state index contributed by atoms with van der Waals surface area (Å²) in [6.07, 6.45) is 7.82. The summed E-state index contributed by atoms with van der Waals surface area (Å²) < 4.78 is 8.69. The Kier molecular flexibility index (Phi) is 11.4. The van der Waals surface area contributed by atoms with Crippen molar-refractivity contribution in [1.29, 1.82) is 0 Å². The van der Waals surface area contributed by atoms with E-state index >= 15 is 0 Å². The van der Waals surface area contributed by atoms with Gasteiger partial charge in [0.1, 0.15) is 0 Å². The quantitative estimate of drug-likeness (QED) is 0.0914. The fourth-order valence-corrected chi connectivity index (χ4v) is 8.54. The molecule has 0 saturated heterocycles. The maximum atomic E-state index is 6.32. The van der Waals surface area contributed by atoms with Gasteiger partial charge >= 0.3 is 0 Å². The number of hydrogen-bond acceptors (Lipinski definition) is 5. The lowest BCUT2D eigenvalue weighted by Crippen LogP contribution is -2.39. The Balaban J connectivity index is 1.04. The molecule has 0 unspecified atom stereocenters. The third-order valence-electron chi connectivity index (χ3n) is 11.8. The summed E-state index contributed by atoms with van der Waals surface area (Å²) in [5.41, 5.74) is 11.6. The predicted octanol–water partition coefficient (Wildman–Crippen LogP) is 11.4. The third kappa shape index (κ3) is 7.78. The normalized spacial score (nSPS) is 13.0. The first-order valence-corrected chi connectivity index (χ1v) is 21.1. The average Bonchev–Trinajstić information content (AvgIpc) is 3.90. The van der Waals surface area contributed by atoms with Crippen molar-refractivity contribution < 1.29 is 4.74 Å². The maximum Gasteiger partial charge on any atom is 0.205 e. The minimum Gasteiger partial charge on any atom is -0.370 e. The van der Waals surface area contributed by atoms with E-state index in [1.54, 1.807) is 4.80 Å². The fraction of sp³-hybridized carbons (Fsp3) is 0.231. The summed E-state index contributed by atoms with van der Waals surface area (Å²) in [6.45, 7) is 3.35. The summed E-state index contributed by atoms with van der Waals surface area (Å²) in [5, 5.41) is 20.1. The zero-order valence-corrected chi connectivity index (χ0v) is 33.7. The van der Waals surface area contributed by atoms with Gasteiger partial charge < -0.3 is 4.74 Å². The molecule has 2 heterocycles. The molecule has 0 N–H and O–H groups in total. The Morgan fingerprint density at radius 2 is 1.19 bits per heavy atom. The van der Waals surface area contributed by atoms with E-state index in [0.717, 1.165) is 64.8 Å². The molecule has 0 spiro atoms. The second-order valence-corrected chi connectivity index (χ2v) is 15.6. The first-order valence-electron chi connectivity index (χ1n) is 21.1. The maximum absolute atomic E-state index is 6.32. The van der Waals surface area contributed by atoms with Gasteiger partial charge in [-0.1, -0.05) is 183 Å². The van der Waals surface area contributed by atoms with Crippen LogP contribution in [-0.2, 0) is 36.3 Å². The van der Waals surface area contributed by atoms with Crippen LogP contribution >= 0.6 is 0 Å². The summed E-state index contributed by atoms with van der Waals surface area (Å²) >= 11 is 0.